The standard InChI is InChI=1S/C11H11NO3/c1-12-9-4-2-3-7(6-13)8(9)5-10(12)11(14)15/h2-6,8-9H,1H3,(H,14,15). The molecular formula is C11H11NO3. The van der Waals surface area contributed by atoms with Crippen molar-refractivity contribution in [3.63, 3.8) is 0 Å². The van der Waals surface area contributed by atoms with Crippen molar-refractivity contribution >= 4 is 12.3 Å². The van der Waals surface area contributed by atoms with Crippen LogP contribution >= 0.6 is 0 Å². The summed E-state index contributed by atoms with van der Waals surface area (Å²) in [6.07, 6.45) is 7.85. The molecule has 78 valence electrons. The zero-order valence-corrected chi connectivity index (χ0v) is 8.25. The molecule has 0 radical (unpaired) electrons. The van der Waals surface area contributed by atoms with Gasteiger partial charge in [0.1, 0.15) is 12.0 Å². The van der Waals surface area contributed by atoms with Crippen LogP contribution in [0.3, 0.4) is 0 Å². The number of carboxylic acids is 1. The fraction of sp³-hybridized carbons (Fsp3) is 0.273. The number of carbonyl (C=O) groups excluding carboxylic acids is 1. The maximum Gasteiger partial charge on any atom is 0.351 e. The van der Waals surface area contributed by atoms with Crippen molar-refractivity contribution in [3.05, 3.63) is 35.6 Å². The van der Waals surface area contributed by atoms with Gasteiger partial charge in [-0.25, -0.2) is 4.79 Å². The minimum absolute atomic E-state index is 0.0405. The third-order valence-electron chi connectivity index (χ3n) is 2.87. The number of allylic oxidation sites excluding steroid dienone is 2. The van der Waals surface area contributed by atoms with E-state index in [0.29, 0.717) is 5.57 Å². The highest BCUT2D eigenvalue weighted by Crippen LogP contribution is 2.33. The number of aliphatic carboxylic acids is 1. The largest absolute Gasteiger partial charge is 0.477 e. The minimum Gasteiger partial charge on any atom is -0.477 e. The van der Waals surface area contributed by atoms with Crippen LogP contribution in [-0.4, -0.2) is 35.4 Å². The van der Waals surface area contributed by atoms with Crippen LogP contribution < -0.4 is 0 Å². The number of fused-ring (bicyclic) bond motifs is 1. The molecule has 0 fully saturated rings. The molecule has 0 aromatic carbocycles. The minimum atomic E-state index is -0.953. The van der Waals surface area contributed by atoms with E-state index in [2.05, 4.69) is 0 Å². The van der Waals surface area contributed by atoms with Gasteiger partial charge in [-0.05, 0) is 6.08 Å². The topological polar surface area (TPSA) is 57.6 Å². The van der Waals surface area contributed by atoms with Gasteiger partial charge < -0.3 is 10.0 Å². The van der Waals surface area contributed by atoms with Gasteiger partial charge in [0.15, 0.2) is 0 Å². The molecule has 0 saturated carbocycles. The van der Waals surface area contributed by atoms with Crippen LogP contribution in [0.5, 0.6) is 0 Å². The molecule has 0 amide bonds. The fourth-order valence-corrected chi connectivity index (χ4v) is 2.06. The summed E-state index contributed by atoms with van der Waals surface area (Å²) in [6.45, 7) is 0. The van der Waals surface area contributed by atoms with Crippen molar-refractivity contribution in [2.45, 2.75) is 6.04 Å². The lowest BCUT2D eigenvalue weighted by molar-refractivity contribution is -0.134. The monoisotopic (exact) mass is 205 g/mol. The van der Waals surface area contributed by atoms with E-state index in [9.17, 15) is 9.59 Å². The van der Waals surface area contributed by atoms with E-state index in [0.717, 1.165) is 6.29 Å². The third kappa shape index (κ3) is 1.38. The van der Waals surface area contributed by atoms with Gasteiger partial charge in [-0.1, -0.05) is 18.2 Å². The first kappa shape index (κ1) is 9.71. The summed E-state index contributed by atoms with van der Waals surface area (Å²) in [4.78, 5) is 23.4. The summed E-state index contributed by atoms with van der Waals surface area (Å²) in [7, 11) is 1.72. The molecule has 4 nitrogen and oxygen atoms in total. The summed E-state index contributed by atoms with van der Waals surface area (Å²) in [6, 6.07) is -0.0405. The maximum absolute atomic E-state index is 10.9. The van der Waals surface area contributed by atoms with Crippen LogP contribution in [0, 0.1) is 5.92 Å². The average molecular weight is 205 g/mol. The van der Waals surface area contributed by atoms with Gasteiger partial charge in [-0.3, -0.25) is 4.79 Å². The van der Waals surface area contributed by atoms with Crippen molar-refractivity contribution in [1.29, 1.82) is 0 Å². The maximum atomic E-state index is 10.9. The van der Waals surface area contributed by atoms with E-state index in [1.165, 1.54) is 0 Å². The molecule has 1 aliphatic heterocycles. The molecule has 1 heterocycles. The molecule has 0 bridgehead atoms. The van der Waals surface area contributed by atoms with E-state index >= 15 is 0 Å². The second-order valence-corrected chi connectivity index (χ2v) is 3.65. The summed E-state index contributed by atoms with van der Waals surface area (Å²) in [5, 5.41) is 8.95. The van der Waals surface area contributed by atoms with Crippen LogP contribution in [0.15, 0.2) is 35.6 Å². The van der Waals surface area contributed by atoms with Crippen molar-refractivity contribution < 1.29 is 14.7 Å². The molecule has 1 N–H and O–H groups in total. The molecule has 2 unspecified atom stereocenters. The van der Waals surface area contributed by atoms with Crippen molar-refractivity contribution in [2.24, 2.45) is 5.92 Å². The Balaban J connectivity index is 2.38. The molecule has 0 aromatic heterocycles. The number of carboxylic acid groups (broad SMARTS) is 1. The van der Waals surface area contributed by atoms with E-state index < -0.39 is 5.97 Å². The van der Waals surface area contributed by atoms with Gasteiger partial charge in [0, 0.05) is 18.5 Å². The van der Waals surface area contributed by atoms with E-state index in [4.69, 9.17) is 5.11 Å². The number of hydrogen-bond acceptors (Lipinski definition) is 3. The molecule has 2 atom stereocenters. The molecule has 1 aliphatic carbocycles. The number of carbonyl (C=O) groups is 2. The van der Waals surface area contributed by atoms with Crippen LogP contribution in [-0.2, 0) is 9.59 Å². The molecule has 15 heavy (non-hydrogen) atoms. The predicted octanol–water partition coefficient (Wildman–Crippen LogP) is 0.580. The second-order valence-electron chi connectivity index (χ2n) is 3.65. The quantitative estimate of drug-likeness (QED) is 0.670. The number of likely N-dealkylation sites (N-methyl/N-ethyl adjacent to an activating group) is 1. The zero-order valence-electron chi connectivity index (χ0n) is 8.25. The summed E-state index contributed by atoms with van der Waals surface area (Å²) < 4.78 is 0. The van der Waals surface area contributed by atoms with Gasteiger partial charge in [0.2, 0.25) is 0 Å². The Morgan fingerprint density at radius 2 is 2.33 bits per heavy atom. The smallest absolute Gasteiger partial charge is 0.351 e. The Kier molecular flexibility index (Phi) is 2.19. The summed E-state index contributed by atoms with van der Waals surface area (Å²) in [5.74, 6) is -1.07. The normalized spacial score (nSPS) is 28.2. The molecule has 2 rings (SSSR count). The van der Waals surface area contributed by atoms with Crippen LogP contribution in [0.2, 0.25) is 0 Å². The molecular weight excluding hydrogens is 194 g/mol. The van der Waals surface area contributed by atoms with E-state index in [1.807, 2.05) is 6.08 Å². The lowest BCUT2D eigenvalue weighted by atomic mass is 9.89. The van der Waals surface area contributed by atoms with Gasteiger partial charge >= 0.3 is 5.97 Å². The van der Waals surface area contributed by atoms with Crippen molar-refractivity contribution in [2.75, 3.05) is 7.05 Å². The van der Waals surface area contributed by atoms with Crippen molar-refractivity contribution in [3.8, 4) is 0 Å². The Hall–Kier alpha value is -1.84. The molecule has 0 saturated heterocycles. The number of rotatable bonds is 2. The Bertz CT molecular complexity index is 406. The second kappa shape index (κ2) is 3.38. The first-order valence-corrected chi connectivity index (χ1v) is 4.66. The van der Waals surface area contributed by atoms with Gasteiger partial charge in [-0.15, -0.1) is 0 Å². The first-order valence-electron chi connectivity index (χ1n) is 4.66. The number of aldehydes is 1. The highest BCUT2D eigenvalue weighted by atomic mass is 16.4. The summed E-state index contributed by atoms with van der Waals surface area (Å²) in [5.41, 5.74) is 0.884. The highest BCUT2D eigenvalue weighted by molar-refractivity contribution is 5.88. The molecule has 4 heteroatoms. The lowest BCUT2D eigenvalue weighted by Crippen LogP contribution is -2.32. The highest BCUT2D eigenvalue weighted by Gasteiger charge is 2.36. The first-order chi connectivity index (χ1) is 7.15. The van der Waals surface area contributed by atoms with Crippen molar-refractivity contribution in [1.82, 2.24) is 4.90 Å². The van der Waals surface area contributed by atoms with Gasteiger partial charge in [0.05, 0.1) is 6.04 Å². The van der Waals surface area contributed by atoms with Crippen LogP contribution in [0.25, 0.3) is 0 Å². The van der Waals surface area contributed by atoms with Crippen LogP contribution in [0.1, 0.15) is 0 Å². The summed E-state index contributed by atoms with van der Waals surface area (Å²) >= 11 is 0. The van der Waals surface area contributed by atoms with E-state index in [-0.39, 0.29) is 17.7 Å². The zero-order chi connectivity index (χ0) is 11.0. The Morgan fingerprint density at radius 3 is 2.93 bits per heavy atom. The molecule has 2 aliphatic rings. The number of nitrogens with zero attached hydrogens (tertiary/aromatic N) is 1. The lowest BCUT2D eigenvalue weighted by Gasteiger charge is -2.26. The molecule has 0 spiro atoms. The Morgan fingerprint density at radius 1 is 1.60 bits per heavy atom. The predicted molar refractivity (Wildman–Crippen MR) is 54.0 cm³/mol. The molecule has 0 aromatic rings. The van der Waals surface area contributed by atoms with Gasteiger partial charge in [-0.2, -0.15) is 0 Å². The SMILES string of the molecule is CN1C(C(=O)O)=CC2C(C=O)=CC=CC21. The van der Waals surface area contributed by atoms with Crippen LogP contribution in [0.4, 0.5) is 0 Å². The fourth-order valence-electron chi connectivity index (χ4n) is 2.06. The van der Waals surface area contributed by atoms with E-state index in [1.54, 1.807) is 30.2 Å². The van der Waals surface area contributed by atoms with Gasteiger partial charge in [0.25, 0.3) is 0 Å². The average Bonchev–Trinajstić information content (AvgIpc) is 2.56. The Labute approximate surface area is 87.2 Å². The number of hydrogen-bond donors (Lipinski definition) is 1. The third-order valence-corrected chi connectivity index (χ3v) is 2.87.